The van der Waals surface area contributed by atoms with Crippen LogP contribution in [-0.2, 0) is 11.2 Å². The number of benzene rings is 1. The van der Waals surface area contributed by atoms with Crippen LogP contribution in [0, 0.1) is 5.41 Å². The van der Waals surface area contributed by atoms with Crippen molar-refractivity contribution in [1.29, 1.82) is 0 Å². The summed E-state index contributed by atoms with van der Waals surface area (Å²) in [6.45, 7) is 4.46. The lowest BCUT2D eigenvalue weighted by molar-refractivity contribution is -0.147. The summed E-state index contributed by atoms with van der Waals surface area (Å²) in [6.07, 6.45) is 1.18. The Hall–Kier alpha value is -1.35. The van der Waals surface area contributed by atoms with E-state index in [1.165, 1.54) is 0 Å². The molecule has 1 fully saturated rings. The van der Waals surface area contributed by atoms with Gasteiger partial charge in [0.2, 0.25) is 0 Å². The minimum Gasteiger partial charge on any atom is -0.379 e. The van der Waals surface area contributed by atoms with E-state index in [1.807, 2.05) is 44.2 Å². The Morgan fingerprint density at radius 1 is 1.35 bits per heavy atom. The minimum atomic E-state index is -1.25. The Kier molecular flexibility index (Phi) is 2.96. The van der Waals surface area contributed by atoms with Gasteiger partial charge < -0.3 is 10.4 Å². The van der Waals surface area contributed by atoms with Crippen molar-refractivity contribution in [3.8, 4) is 0 Å². The second kappa shape index (κ2) is 4.15. The highest BCUT2D eigenvalue weighted by atomic mass is 16.3. The van der Waals surface area contributed by atoms with Crippen LogP contribution in [0.1, 0.15) is 25.8 Å². The number of nitrogens with one attached hydrogen (secondary N) is 1. The molecule has 0 saturated carbocycles. The third kappa shape index (κ3) is 2.07. The summed E-state index contributed by atoms with van der Waals surface area (Å²) >= 11 is 0. The number of carbonyl (C=O) groups is 1. The molecular formula is C14H19NO2. The van der Waals surface area contributed by atoms with E-state index in [0.717, 1.165) is 5.56 Å². The number of hydrogen-bond donors (Lipinski definition) is 2. The van der Waals surface area contributed by atoms with Crippen LogP contribution in [0.2, 0.25) is 0 Å². The molecule has 0 aromatic heterocycles. The summed E-state index contributed by atoms with van der Waals surface area (Å²) < 4.78 is 0. The summed E-state index contributed by atoms with van der Waals surface area (Å²) in [5.41, 5.74) is -0.566. The van der Waals surface area contributed by atoms with Gasteiger partial charge >= 0.3 is 0 Å². The molecule has 1 unspecified atom stereocenters. The van der Waals surface area contributed by atoms with Gasteiger partial charge in [-0.05, 0) is 12.0 Å². The molecule has 1 aliphatic heterocycles. The fraction of sp³-hybridized carbons (Fsp3) is 0.500. The van der Waals surface area contributed by atoms with Crippen LogP contribution < -0.4 is 5.32 Å². The Morgan fingerprint density at radius 2 is 2.00 bits per heavy atom. The molecule has 0 radical (unpaired) electrons. The molecule has 1 aliphatic rings. The lowest BCUT2D eigenvalue weighted by Crippen LogP contribution is -2.51. The van der Waals surface area contributed by atoms with E-state index in [0.29, 0.717) is 19.4 Å². The van der Waals surface area contributed by atoms with E-state index in [1.54, 1.807) is 0 Å². The molecule has 1 atom stereocenters. The molecule has 0 spiro atoms. The van der Waals surface area contributed by atoms with Crippen molar-refractivity contribution in [2.45, 2.75) is 32.3 Å². The van der Waals surface area contributed by atoms with Crippen molar-refractivity contribution in [3.05, 3.63) is 35.9 Å². The Bertz CT molecular complexity index is 413. The first-order valence-electron chi connectivity index (χ1n) is 6.00. The molecule has 0 aliphatic carbocycles. The zero-order valence-electron chi connectivity index (χ0n) is 10.4. The molecule has 1 heterocycles. The molecule has 2 rings (SSSR count). The molecule has 1 aromatic carbocycles. The van der Waals surface area contributed by atoms with Gasteiger partial charge in [0.25, 0.3) is 5.91 Å². The molecule has 3 nitrogen and oxygen atoms in total. The van der Waals surface area contributed by atoms with Gasteiger partial charge in [0.1, 0.15) is 5.60 Å². The highest BCUT2D eigenvalue weighted by Gasteiger charge is 2.51. The van der Waals surface area contributed by atoms with Gasteiger partial charge in [-0.15, -0.1) is 0 Å². The maximum absolute atomic E-state index is 11.8. The number of hydrogen-bond acceptors (Lipinski definition) is 2. The maximum Gasteiger partial charge on any atom is 0.252 e. The molecule has 0 bridgehead atoms. The molecule has 1 aromatic rings. The standard InChI is InChI=1S/C14H19NO2/c1-13(2,10-11-6-4-3-5-7-11)14(17)8-9-15-12(14)16/h3-7,17H,8-10H2,1-2H3,(H,15,16). The van der Waals surface area contributed by atoms with Gasteiger partial charge in [0, 0.05) is 18.4 Å². The summed E-state index contributed by atoms with van der Waals surface area (Å²) in [5.74, 6) is -0.238. The van der Waals surface area contributed by atoms with E-state index >= 15 is 0 Å². The van der Waals surface area contributed by atoms with Crippen molar-refractivity contribution in [1.82, 2.24) is 5.32 Å². The molecule has 1 saturated heterocycles. The zero-order chi connectivity index (χ0) is 12.5. The van der Waals surface area contributed by atoms with Gasteiger partial charge in [0.05, 0.1) is 0 Å². The van der Waals surface area contributed by atoms with Crippen molar-refractivity contribution < 1.29 is 9.90 Å². The van der Waals surface area contributed by atoms with Crippen molar-refractivity contribution in [2.24, 2.45) is 5.41 Å². The molecule has 3 heteroatoms. The Morgan fingerprint density at radius 3 is 2.53 bits per heavy atom. The average Bonchev–Trinajstić information content (AvgIpc) is 2.62. The van der Waals surface area contributed by atoms with Crippen LogP contribution >= 0.6 is 0 Å². The first-order valence-corrected chi connectivity index (χ1v) is 6.00. The fourth-order valence-corrected chi connectivity index (χ4v) is 2.51. The van der Waals surface area contributed by atoms with Crippen LogP contribution in [0.5, 0.6) is 0 Å². The van der Waals surface area contributed by atoms with Crippen LogP contribution in [-0.4, -0.2) is 23.2 Å². The Balaban J connectivity index is 2.22. The van der Waals surface area contributed by atoms with Gasteiger partial charge in [-0.2, -0.15) is 0 Å². The molecule has 2 N–H and O–H groups in total. The lowest BCUT2D eigenvalue weighted by Gasteiger charge is -2.37. The second-order valence-electron chi connectivity index (χ2n) is 5.41. The van der Waals surface area contributed by atoms with E-state index < -0.39 is 11.0 Å². The van der Waals surface area contributed by atoms with E-state index in [-0.39, 0.29) is 5.91 Å². The predicted molar refractivity (Wildman–Crippen MR) is 66.5 cm³/mol. The number of aliphatic hydroxyl groups is 1. The smallest absolute Gasteiger partial charge is 0.252 e. The third-order valence-electron chi connectivity index (χ3n) is 3.76. The molecular weight excluding hydrogens is 214 g/mol. The zero-order valence-corrected chi connectivity index (χ0v) is 10.4. The van der Waals surface area contributed by atoms with E-state index in [9.17, 15) is 9.90 Å². The summed E-state index contributed by atoms with van der Waals surface area (Å²) in [7, 11) is 0. The van der Waals surface area contributed by atoms with Crippen LogP contribution in [0.15, 0.2) is 30.3 Å². The molecule has 92 valence electrons. The van der Waals surface area contributed by atoms with Crippen LogP contribution in [0.25, 0.3) is 0 Å². The van der Waals surface area contributed by atoms with Crippen LogP contribution in [0.4, 0.5) is 0 Å². The molecule has 17 heavy (non-hydrogen) atoms. The highest BCUT2D eigenvalue weighted by molar-refractivity contribution is 5.88. The average molecular weight is 233 g/mol. The van der Waals surface area contributed by atoms with Gasteiger partial charge in [-0.3, -0.25) is 4.79 Å². The maximum atomic E-state index is 11.8. The van der Waals surface area contributed by atoms with Gasteiger partial charge in [-0.1, -0.05) is 44.2 Å². The van der Waals surface area contributed by atoms with Crippen molar-refractivity contribution in [2.75, 3.05) is 6.54 Å². The fourth-order valence-electron chi connectivity index (χ4n) is 2.51. The first-order chi connectivity index (χ1) is 7.96. The summed E-state index contributed by atoms with van der Waals surface area (Å²) in [4.78, 5) is 11.8. The predicted octanol–water partition coefficient (Wildman–Crippen LogP) is 1.51. The summed E-state index contributed by atoms with van der Waals surface area (Å²) in [5, 5.41) is 13.2. The highest BCUT2D eigenvalue weighted by Crippen LogP contribution is 2.39. The topological polar surface area (TPSA) is 49.3 Å². The van der Waals surface area contributed by atoms with E-state index in [4.69, 9.17) is 0 Å². The second-order valence-corrected chi connectivity index (χ2v) is 5.41. The summed E-state index contributed by atoms with van der Waals surface area (Å²) in [6, 6.07) is 9.97. The normalized spacial score (nSPS) is 24.8. The minimum absolute atomic E-state index is 0.238. The quantitative estimate of drug-likeness (QED) is 0.831. The number of carbonyl (C=O) groups excluding carboxylic acids is 1. The molecule has 1 amide bonds. The van der Waals surface area contributed by atoms with E-state index in [2.05, 4.69) is 5.32 Å². The van der Waals surface area contributed by atoms with Gasteiger partial charge in [0.15, 0.2) is 0 Å². The number of rotatable bonds is 3. The lowest BCUT2D eigenvalue weighted by atomic mass is 9.70. The SMILES string of the molecule is CC(C)(Cc1ccccc1)C1(O)CCNC1=O. The number of amides is 1. The van der Waals surface area contributed by atoms with Crippen molar-refractivity contribution >= 4 is 5.91 Å². The van der Waals surface area contributed by atoms with Crippen molar-refractivity contribution in [3.63, 3.8) is 0 Å². The third-order valence-corrected chi connectivity index (χ3v) is 3.76. The Labute approximate surface area is 102 Å². The van der Waals surface area contributed by atoms with Gasteiger partial charge in [-0.25, -0.2) is 0 Å². The largest absolute Gasteiger partial charge is 0.379 e. The monoisotopic (exact) mass is 233 g/mol. The first kappa shape index (κ1) is 12.1. The van der Waals surface area contributed by atoms with Crippen LogP contribution in [0.3, 0.4) is 0 Å².